The lowest BCUT2D eigenvalue weighted by atomic mass is 10.1. The second-order valence-electron chi connectivity index (χ2n) is 6.41. The van der Waals surface area contributed by atoms with Crippen molar-refractivity contribution in [2.24, 2.45) is 5.73 Å². The minimum atomic E-state index is -0.487. The number of piperidine rings is 1. The number of anilines is 3. The molecule has 6 heteroatoms. The number of primary amides is 1. The fraction of sp³-hybridized carbons (Fsp3) is 0.300. The van der Waals surface area contributed by atoms with Crippen LogP contribution in [0.5, 0.6) is 0 Å². The Bertz CT molecular complexity index is 768. The van der Waals surface area contributed by atoms with Crippen molar-refractivity contribution in [3.63, 3.8) is 0 Å². The molecule has 0 radical (unpaired) electrons. The smallest absolute Gasteiger partial charge is 0.248 e. The maximum absolute atomic E-state index is 12.2. The van der Waals surface area contributed by atoms with E-state index < -0.39 is 5.91 Å². The molecule has 26 heavy (non-hydrogen) atoms. The van der Waals surface area contributed by atoms with Gasteiger partial charge in [0, 0.05) is 24.3 Å². The highest BCUT2D eigenvalue weighted by molar-refractivity contribution is 5.96. The van der Waals surface area contributed by atoms with E-state index in [1.54, 1.807) is 24.3 Å². The van der Waals surface area contributed by atoms with Gasteiger partial charge >= 0.3 is 0 Å². The third-order valence-electron chi connectivity index (χ3n) is 4.49. The van der Waals surface area contributed by atoms with Gasteiger partial charge in [0.1, 0.15) is 0 Å². The molecule has 0 spiro atoms. The topological polar surface area (TPSA) is 87.5 Å². The summed E-state index contributed by atoms with van der Waals surface area (Å²) in [5.41, 5.74) is 8.37. The van der Waals surface area contributed by atoms with Crippen LogP contribution in [0.25, 0.3) is 0 Å². The lowest BCUT2D eigenvalue weighted by molar-refractivity contribution is -0.114. The highest BCUT2D eigenvalue weighted by Crippen LogP contribution is 2.28. The van der Waals surface area contributed by atoms with Gasteiger partial charge in [-0.25, -0.2) is 0 Å². The van der Waals surface area contributed by atoms with E-state index in [0.29, 0.717) is 11.3 Å². The van der Waals surface area contributed by atoms with E-state index in [0.717, 1.165) is 24.5 Å². The maximum atomic E-state index is 12.2. The van der Waals surface area contributed by atoms with Gasteiger partial charge in [0.2, 0.25) is 11.8 Å². The summed E-state index contributed by atoms with van der Waals surface area (Å²) in [6, 6.07) is 14.6. The Balaban J connectivity index is 1.58. The summed E-state index contributed by atoms with van der Waals surface area (Å²) in [7, 11) is 0. The summed E-state index contributed by atoms with van der Waals surface area (Å²) in [5.74, 6) is -0.635. The van der Waals surface area contributed by atoms with Crippen LogP contribution in [-0.4, -0.2) is 31.4 Å². The van der Waals surface area contributed by atoms with Crippen molar-refractivity contribution in [2.75, 3.05) is 35.2 Å². The average molecular weight is 352 g/mol. The number of amides is 2. The van der Waals surface area contributed by atoms with Gasteiger partial charge in [-0.15, -0.1) is 0 Å². The molecule has 6 nitrogen and oxygen atoms in total. The number of carbonyl (C=O) groups excluding carboxylic acids is 2. The minimum absolute atomic E-state index is 0.148. The van der Waals surface area contributed by atoms with E-state index in [9.17, 15) is 9.59 Å². The monoisotopic (exact) mass is 352 g/mol. The highest BCUT2D eigenvalue weighted by Gasteiger charge is 2.14. The summed E-state index contributed by atoms with van der Waals surface area (Å²) in [4.78, 5) is 25.7. The largest absolute Gasteiger partial charge is 0.374 e. The Morgan fingerprint density at radius 1 is 0.962 bits per heavy atom. The van der Waals surface area contributed by atoms with E-state index in [1.807, 2.05) is 18.2 Å². The first-order valence-corrected chi connectivity index (χ1v) is 8.91. The molecule has 0 bridgehead atoms. The summed E-state index contributed by atoms with van der Waals surface area (Å²) in [6.07, 6.45) is 3.69. The molecule has 1 aliphatic heterocycles. The molecule has 0 aliphatic carbocycles. The molecule has 0 aromatic heterocycles. The predicted octanol–water partition coefficient (Wildman–Crippen LogP) is 2.83. The normalized spacial score (nSPS) is 13.9. The number of benzene rings is 2. The molecule has 0 atom stereocenters. The number of hydrogen-bond donors (Lipinski definition) is 3. The zero-order chi connectivity index (χ0) is 18.4. The molecule has 3 rings (SSSR count). The molecule has 2 amide bonds. The number of nitrogens with zero attached hydrogens (tertiary/aromatic N) is 1. The average Bonchev–Trinajstić information content (AvgIpc) is 2.68. The third kappa shape index (κ3) is 4.53. The van der Waals surface area contributed by atoms with E-state index in [4.69, 9.17) is 5.73 Å². The lowest BCUT2D eigenvalue weighted by Gasteiger charge is -2.30. The first kappa shape index (κ1) is 17.8. The molecule has 0 saturated carbocycles. The summed E-state index contributed by atoms with van der Waals surface area (Å²) in [6.45, 7) is 2.27. The summed E-state index contributed by atoms with van der Waals surface area (Å²) < 4.78 is 0. The molecule has 0 unspecified atom stereocenters. The molecule has 1 fully saturated rings. The van der Waals surface area contributed by atoms with Crippen molar-refractivity contribution in [3.8, 4) is 0 Å². The second-order valence-corrected chi connectivity index (χ2v) is 6.41. The van der Waals surface area contributed by atoms with Gasteiger partial charge in [-0.1, -0.05) is 12.1 Å². The van der Waals surface area contributed by atoms with Crippen LogP contribution >= 0.6 is 0 Å². The minimum Gasteiger partial charge on any atom is -0.374 e. The molecule has 2 aromatic rings. The highest BCUT2D eigenvalue weighted by atomic mass is 16.2. The molecule has 1 heterocycles. The van der Waals surface area contributed by atoms with E-state index in [2.05, 4.69) is 21.6 Å². The van der Waals surface area contributed by atoms with Crippen molar-refractivity contribution in [2.45, 2.75) is 19.3 Å². The fourth-order valence-corrected chi connectivity index (χ4v) is 3.13. The van der Waals surface area contributed by atoms with E-state index in [1.165, 1.54) is 19.3 Å². The Kier molecular flexibility index (Phi) is 5.73. The number of nitrogens with one attached hydrogen (secondary N) is 2. The third-order valence-corrected chi connectivity index (χ3v) is 4.49. The van der Waals surface area contributed by atoms with Gasteiger partial charge in [-0.2, -0.15) is 0 Å². The van der Waals surface area contributed by atoms with E-state index >= 15 is 0 Å². The fourth-order valence-electron chi connectivity index (χ4n) is 3.13. The number of carbonyl (C=O) groups is 2. The van der Waals surface area contributed by atoms with Crippen molar-refractivity contribution in [1.29, 1.82) is 0 Å². The van der Waals surface area contributed by atoms with Crippen LogP contribution in [0.2, 0.25) is 0 Å². The van der Waals surface area contributed by atoms with Crippen LogP contribution < -0.4 is 21.3 Å². The van der Waals surface area contributed by atoms with Crippen LogP contribution in [0.1, 0.15) is 29.6 Å². The quantitative estimate of drug-likeness (QED) is 0.746. The van der Waals surface area contributed by atoms with Gasteiger partial charge in [0.25, 0.3) is 0 Å². The Labute approximate surface area is 153 Å². The van der Waals surface area contributed by atoms with Gasteiger partial charge in [-0.05, 0) is 55.7 Å². The first-order chi connectivity index (χ1) is 12.6. The standard InChI is InChI=1S/C20H24N4O2/c21-20(26)15-8-10-16(11-9-15)23-19(25)14-22-17-6-2-3-7-18(17)24-12-4-1-5-13-24/h2-3,6-11,22H,1,4-5,12-14H2,(H2,21,26)(H,23,25). The molecule has 1 aliphatic rings. The predicted molar refractivity (Wildman–Crippen MR) is 105 cm³/mol. The van der Waals surface area contributed by atoms with Crippen molar-refractivity contribution in [1.82, 2.24) is 0 Å². The van der Waals surface area contributed by atoms with Gasteiger partial charge in [0.15, 0.2) is 0 Å². The Morgan fingerprint density at radius 3 is 2.35 bits per heavy atom. The Hall–Kier alpha value is -3.02. The molecule has 4 N–H and O–H groups in total. The van der Waals surface area contributed by atoms with Crippen molar-refractivity contribution in [3.05, 3.63) is 54.1 Å². The van der Waals surface area contributed by atoms with Gasteiger partial charge < -0.3 is 21.3 Å². The van der Waals surface area contributed by atoms with Gasteiger partial charge in [0.05, 0.1) is 17.9 Å². The number of nitrogens with two attached hydrogens (primary N) is 1. The van der Waals surface area contributed by atoms with Crippen LogP contribution in [0.15, 0.2) is 48.5 Å². The zero-order valence-electron chi connectivity index (χ0n) is 14.7. The van der Waals surface area contributed by atoms with E-state index in [-0.39, 0.29) is 12.5 Å². The molecule has 2 aromatic carbocycles. The number of rotatable bonds is 6. The van der Waals surface area contributed by atoms with Crippen molar-refractivity contribution >= 4 is 28.9 Å². The lowest BCUT2D eigenvalue weighted by Crippen LogP contribution is -2.30. The maximum Gasteiger partial charge on any atom is 0.248 e. The van der Waals surface area contributed by atoms with Crippen LogP contribution in [-0.2, 0) is 4.79 Å². The SMILES string of the molecule is NC(=O)c1ccc(NC(=O)CNc2ccccc2N2CCCCC2)cc1. The van der Waals surface area contributed by atoms with Gasteiger partial charge in [-0.3, -0.25) is 9.59 Å². The van der Waals surface area contributed by atoms with Crippen LogP contribution in [0.4, 0.5) is 17.1 Å². The Morgan fingerprint density at radius 2 is 1.65 bits per heavy atom. The van der Waals surface area contributed by atoms with Crippen molar-refractivity contribution < 1.29 is 9.59 Å². The summed E-state index contributed by atoms with van der Waals surface area (Å²) >= 11 is 0. The summed E-state index contributed by atoms with van der Waals surface area (Å²) in [5, 5.41) is 6.04. The molecular formula is C20H24N4O2. The number of hydrogen-bond acceptors (Lipinski definition) is 4. The molecular weight excluding hydrogens is 328 g/mol. The molecule has 136 valence electrons. The second kappa shape index (κ2) is 8.38. The number of para-hydroxylation sites is 2. The van der Waals surface area contributed by atoms with Crippen LogP contribution in [0, 0.1) is 0 Å². The molecule has 1 saturated heterocycles. The zero-order valence-corrected chi connectivity index (χ0v) is 14.7. The van der Waals surface area contributed by atoms with Crippen LogP contribution in [0.3, 0.4) is 0 Å². The first-order valence-electron chi connectivity index (χ1n) is 8.91.